The summed E-state index contributed by atoms with van der Waals surface area (Å²) in [7, 11) is 0. The van der Waals surface area contributed by atoms with Crippen LogP contribution < -0.4 is 15.4 Å². The molecule has 0 radical (unpaired) electrons. The summed E-state index contributed by atoms with van der Waals surface area (Å²) in [6.07, 6.45) is 0.0495. The Balaban J connectivity index is 2.52. The lowest BCUT2D eigenvalue weighted by Crippen LogP contribution is -2.37. The molecule has 0 heterocycles. The third-order valence-electron chi connectivity index (χ3n) is 2.62. The van der Waals surface area contributed by atoms with Gasteiger partial charge in [-0.2, -0.15) is 0 Å². The lowest BCUT2D eigenvalue weighted by Gasteiger charge is -2.16. The minimum atomic E-state index is 0.0495. The van der Waals surface area contributed by atoms with Crippen LogP contribution in [0.1, 0.15) is 26.3 Å². The molecule has 0 aliphatic carbocycles. The lowest BCUT2D eigenvalue weighted by molar-refractivity contribution is 0.228. The largest absolute Gasteiger partial charge is 0.489 e. The molecule has 2 N–H and O–H groups in total. The van der Waals surface area contributed by atoms with Crippen molar-refractivity contribution in [2.75, 3.05) is 19.6 Å². The van der Waals surface area contributed by atoms with Gasteiger partial charge in [0.05, 0.1) is 6.54 Å². The Labute approximate surface area is 116 Å². The van der Waals surface area contributed by atoms with E-state index in [9.17, 15) is 0 Å². The second-order valence-corrected chi connectivity index (χ2v) is 4.44. The van der Waals surface area contributed by atoms with Crippen molar-refractivity contribution >= 4 is 5.96 Å². The van der Waals surface area contributed by atoms with Crippen molar-refractivity contribution in [2.45, 2.75) is 33.8 Å². The number of aryl methyl sites for hydroxylation is 1. The zero-order chi connectivity index (χ0) is 14.1. The molecule has 0 saturated carbocycles. The van der Waals surface area contributed by atoms with Gasteiger partial charge in [-0.25, -0.2) is 4.99 Å². The van der Waals surface area contributed by atoms with Crippen molar-refractivity contribution in [3.05, 3.63) is 29.8 Å². The van der Waals surface area contributed by atoms with Crippen LogP contribution in [0.4, 0.5) is 0 Å². The fourth-order valence-corrected chi connectivity index (χ4v) is 1.67. The molecule has 0 amide bonds. The van der Waals surface area contributed by atoms with Crippen LogP contribution in [0.5, 0.6) is 5.75 Å². The molecule has 0 saturated heterocycles. The summed E-state index contributed by atoms with van der Waals surface area (Å²) in [6.45, 7) is 10.5. The van der Waals surface area contributed by atoms with E-state index in [0.29, 0.717) is 6.54 Å². The van der Waals surface area contributed by atoms with E-state index in [0.717, 1.165) is 30.4 Å². The summed E-state index contributed by atoms with van der Waals surface area (Å²) < 4.78 is 5.89. The third kappa shape index (κ3) is 5.64. The van der Waals surface area contributed by atoms with Gasteiger partial charge in [0.25, 0.3) is 0 Å². The van der Waals surface area contributed by atoms with Crippen molar-refractivity contribution in [1.82, 2.24) is 10.6 Å². The van der Waals surface area contributed by atoms with Gasteiger partial charge >= 0.3 is 0 Å². The molecule has 0 spiro atoms. The second kappa shape index (κ2) is 8.40. The maximum atomic E-state index is 5.89. The highest BCUT2D eigenvalue weighted by Gasteiger charge is 2.05. The predicted octanol–water partition coefficient (Wildman–Crippen LogP) is 2.34. The van der Waals surface area contributed by atoms with E-state index < -0.39 is 0 Å². The SMILES string of the molecule is CCNC(=NCC(C)Oc1ccccc1C)NCC. The van der Waals surface area contributed by atoms with Crippen molar-refractivity contribution < 1.29 is 4.74 Å². The molecule has 4 heteroatoms. The van der Waals surface area contributed by atoms with Gasteiger partial charge in [-0.3, -0.25) is 0 Å². The van der Waals surface area contributed by atoms with Crippen molar-refractivity contribution in [3.63, 3.8) is 0 Å². The maximum absolute atomic E-state index is 5.89. The smallest absolute Gasteiger partial charge is 0.191 e. The molecule has 1 rings (SSSR count). The number of nitrogens with zero attached hydrogens (tertiary/aromatic N) is 1. The van der Waals surface area contributed by atoms with Crippen molar-refractivity contribution in [1.29, 1.82) is 0 Å². The first kappa shape index (κ1) is 15.3. The highest BCUT2D eigenvalue weighted by Crippen LogP contribution is 2.17. The van der Waals surface area contributed by atoms with Gasteiger partial charge in [-0.1, -0.05) is 18.2 Å². The molecule has 1 aromatic carbocycles. The number of guanidine groups is 1. The molecular weight excluding hydrogens is 238 g/mol. The number of hydrogen-bond donors (Lipinski definition) is 2. The summed E-state index contributed by atoms with van der Waals surface area (Å²) in [5.41, 5.74) is 1.15. The van der Waals surface area contributed by atoms with E-state index in [4.69, 9.17) is 4.74 Å². The van der Waals surface area contributed by atoms with Gasteiger partial charge in [-0.05, 0) is 39.3 Å². The first-order valence-electron chi connectivity index (χ1n) is 6.91. The zero-order valence-corrected chi connectivity index (χ0v) is 12.4. The minimum absolute atomic E-state index is 0.0495. The molecule has 4 nitrogen and oxygen atoms in total. The molecule has 0 aliphatic rings. The molecule has 0 fully saturated rings. The first-order chi connectivity index (χ1) is 9.17. The Morgan fingerprint density at radius 1 is 1.21 bits per heavy atom. The molecule has 1 unspecified atom stereocenters. The monoisotopic (exact) mass is 263 g/mol. The molecule has 0 aromatic heterocycles. The van der Waals surface area contributed by atoms with Crippen LogP contribution in [-0.4, -0.2) is 31.7 Å². The average molecular weight is 263 g/mol. The van der Waals surface area contributed by atoms with Gasteiger partial charge in [0.1, 0.15) is 11.9 Å². The highest BCUT2D eigenvalue weighted by molar-refractivity contribution is 5.79. The highest BCUT2D eigenvalue weighted by atomic mass is 16.5. The van der Waals surface area contributed by atoms with Crippen LogP contribution in [0.2, 0.25) is 0 Å². The lowest BCUT2D eigenvalue weighted by atomic mass is 10.2. The molecule has 106 valence electrons. The quantitative estimate of drug-likeness (QED) is 0.611. The van der Waals surface area contributed by atoms with E-state index in [-0.39, 0.29) is 6.10 Å². The Bertz CT molecular complexity index is 396. The summed E-state index contributed by atoms with van der Waals surface area (Å²) in [5.74, 6) is 1.77. The predicted molar refractivity (Wildman–Crippen MR) is 80.9 cm³/mol. The number of nitrogens with one attached hydrogen (secondary N) is 2. The zero-order valence-electron chi connectivity index (χ0n) is 12.4. The molecule has 1 aromatic rings. The van der Waals surface area contributed by atoms with E-state index in [2.05, 4.69) is 29.5 Å². The Morgan fingerprint density at radius 2 is 1.84 bits per heavy atom. The van der Waals surface area contributed by atoms with Gasteiger partial charge in [0.2, 0.25) is 0 Å². The van der Waals surface area contributed by atoms with E-state index in [1.165, 1.54) is 0 Å². The summed E-state index contributed by atoms with van der Waals surface area (Å²) in [6, 6.07) is 8.04. The fourth-order valence-electron chi connectivity index (χ4n) is 1.67. The van der Waals surface area contributed by atoms with Gasteiger partial charge in [-0.15, -0.1) is 0 Å². The van der Waals surface area contributed by atoms with E-state index >= 15 is 0 Å². The Hall–Kier alpha value is -1.71. The molecule has 0 aliphatic heterocycles. The second-order valence-electron chi connectivity index (χ2n) is 4.44. The maximum Gasteiger partial charge on any atom is 0.191 e. The number of benzene rings is 1. The molecule has 1 atom stereocenters. The normalized spacial score (nSPS) is 11.6. The Morgan fingerprint density at radius 3 is 2.42 bits per heavy atom. The standard InChI is InChI=1S/C15H25N3O/c1-5-16-15(17-6-2)18-11-13(4)19-14-10-8-7-9-12(14)3/h7-10,13H,5-6,11H2,1-4H3,(H2,16,17,18). The average Bonchev–Trinajstić information content (AvgIpc) is 2.39. The van der Waals surface area contributed by atoms with Crippen LogP contribution in [-0.2, 0) is 0 Å². The number of ether oxygens (including phenoxy) is 1. The van der Waals surface area contributed by atoms with Gasteiger partial charge < -0.3 is 15.4 Å². The van der Waals surface area contributed by atoms with Crippen LogP contribution in [0, 0.1) is 6.92 Å². The molecular formula is C15H25N3O. The van der Waals surface area contributed by atoms with Crippen LogP contribution in [0.3, 0.4) is 0 Å². The third-order valence-corrected chi connectivity index (χ3v) is 2.62. The summed E-state index contributed by atoms with van der Waals surface area (Å²) in [4.78, 5) is 4.50. The summed E-state index contributed by atoms with van der Waals surface area (Å²) in [5, 5.41) is 6.39. The van der Waals surface area contributed by atoms with Crippen LogP contribution >= 0.6 is 0 Å². The summed E-state index contributed by atoms with van der Waals surface area (Å²) >= 11 is 0. The van der Waals surface area contributed by atoms with Crippen molar-refractivity contribution in [2.24, 2.45) is 4.99 Å². The van der Waals surface area contributed by atoms with Crippen LogP contribution in [0.15, 0.2) is 29.3 Å². The first-order valence-corrected chi connectivity index (χ1v) is 6.91. The Kier molecular flexibility index (Phi) is 6.79. The van der Waals surface area contributed by atoms with E-state index in [1.54, 1.807) is 0 Å². The van der Waals surface area contributed by atoms with Gasteiger partial charge in [0, 0.05) is 13.1 Å². The minimum Gasteiger partial charge on any atom is -0.489 e. The number of aliphatic imine (C=N–C) groups is 1. The molecule has 0 bridgehead atoms. The molecule has 19 heavy (non-hydrogen) atoms. The van der Waals surface area contributed by atoms with E-state index in [1.807, 2.05) is 38.1 Å². The fraction of sp³-hybridized carbons (Fsp3) is 0.533. The number of hydrogen-bond acceptors (Lipinski definition) is 2. The van der Waals surface area contributed by atoms with Crippen LogP contribution in [0.25, 0.3) is 0 Å². The number of rotatable bonds is 6. The van der Waals surface area contributed by atoms with Gasteiger partial charge in [0.15, 0.2) is 5.96 Å². The topological polar surface area (TPSA) is 45.7 Å². The van der Waals surface area contributed by atoms with Crippen molar-refractivity contribution in [3.8, 4) is 5.75 Å². The number of para-hydroxylation sites is 1.